The molecular weight excluding hydrogens is 316 g/mol. The summed E-state index contributed by atoms with van der Waals surface area (Å²) in [5, 5.41) is 0.571. The maximum atomic E-state index is 6.11. The summed E-state index contributed by atoms with van der Waals surface area (Å²) in [6.45, 7) is 1.45. The van der Waals surface area contributed by atoms with Crippen molar-refractivity contribution in [2.75, 3.05) is 18.1 Å². The van der Waals surface area contributed by atoms with Crippen LogP contribution in [0.5, 0.6) is 5.75 Å². The fraction of sp³-hybridized carbons (Fsp3) is 0.333. The number of halogens is 1. The van der Waals surface area contributed by atoms with Gasteiger partial charge in [-0.1, -0.05) is 11.6 Å². The summed E-state index contributed by atoms with van der Waals surface area (Å²) in [5.41, 5.74) is 1.54. The van der Waals surface area contributed by atoms with Crippen LogP contribution in [-0.2, 0) is 0 Å². The Morgan fingerprint density at radius 1 is 1.35 bits per heavy atom. The third-order valence-corrected chi connectivity index (χ3v) is 4.32. The molecule has 23 heavy (non-hydrogen) atoms. The highest BCUT2D eigenvalue weighted by molar-refractivity contribution is 6.31. The number of hydrogen-bond donors (Lipinski definition) is 1. The molecule has 1 fully saturated rings. The molecular formula is C15H15ClN6O. The Labute approximate surface area is 137 Å². The topological polar surface area (TPSA) is 79.8 Å². The van der Waals surface area contributed by atoms with Gasteiger partial charge in [-0.2, -0.15) is 0 Å². The van der Waals surface area contributed by atoms with Crippen molar-refractivity contribution in [3.8, 4) is 5.75 Å². The predicted octanol–water partition coefficient (Wildman–Crippen LogP) is 2.45. The number of nitrogens with one attached hydrogen (secondary N) is 1. The molecule has 1 aliphatic rings. The summed E-state index contributed by atoms with van der Waals surface area (Å²) in [4.78, 5) is 22.2. The Hall–Kier alpha value is -2.41. The molecule has 1 saturated heterocycles. The first-order valence-corrected chi connectivity index (χ1v) is 7.84. The summed E-state index contributed by atoms with van der Waals surface area (Å²) in [7, 11) is 0. The molecule has 0 saturated carbocycles. The number of hydrogen-bond acceptors (Lipinski definition) is 6. The quantitative estimate of drug-likeness (QED) is 0.791. The van der Waals surface area contributed by atoms with Crippen LogP contribution in [0, 0.1) is 0 Å². The first-order valence-electron chi connectivity index (χ1n) is 7.46. The monoisotopic (exact) mass is 330 g/mol. The highest BCUT2D eigenvalue weighted by Crippen LogP contribution is 2.29. The number of aromatic amines is 1. The number of anilines is 1. The van der Waals surface area contributed by atoms with Crippen LogP contribution in [0.25, 0.3) is 11.2 Å². The maximum Gasteiger partial charge on any atom is 0.162 e. The zero-order valence-electron chi connectivity index (χ0n) is 12.3. The summed E-state index contributed by atoms with van der Waals surface area (Å²) in [6.07, 6.45) is 8.60. The van der Waals surface area contributed by atoms with Crippen LogP contribution in [-0.4, -0.2) is 44.1 Å². The van der Waals surface area contributed by atoms with E-state index >= 15 is 0 Å². The van der Waals surface area contributed by atoms with Crippen LogP contribution in [0.2, 0.25) is 5.02 Å². The molecule has 4 heterocycles. The number of H-pyrrole nitrogens is 1. The number of pyridine rings is 1. The van der Waals surface area contributed by atoms with Gasteiger partial charge in [0.2, 0.25) is 0 Å². The van der Waals surface area contributed by atoms with Crippen LogP contribution in [0.15, 0.2) is 31.1 Å². The Bertz CT molecular complexity index is 822. The molecule has 8 heteroatoms. The van der Waals surface area contributed by atoms with Gasteiger partial charge in [0.15, 0.2) is 17.2 Å². The predicted molar refractivity (Wildman–Crippen MR) is 86.8 cm³/mol. The number of nitrogens with zero attached hydrogens (tertiary/aromatic N) is 5. The maximum absolute atomic E-state index is 6.11. The molecule has 3 aromatic heterocycles. The minimum absolute atomic E-state index is 0.223. The average Bonchev–Trinajstić information content (AvgIpc) is 3.22. The van der Waals surface area contributed by atoms with E-state index < -0.39 is 0 Å². The lowest BCUT2D eigenvalue weighted by molar-refractivity contribution is 0.287. The molecule has 0 radical (unpaired) electrons. The molecule has 4 rings (SSSR count). The van der Waals surface area contributed by atoms with Crippen molar-refractivity contribution < 1.29 is 4.74 Å². The van der Waals surface area contributed by atoms with Gasteiger partial charge in [0.25, 0.3) is 0 Å². The number of rotatable bonds is 4. The van der Waals surface area contributed by atoms with Gasteiger partial charge >= 0.3 is 0 Å². The third-order valence-electron chi connectivity index (χ3n) is 4.01. The van der Waals surface area contributed by atoms with Gasteiger partial charge in [0.1, 0.15) is 18.5 Å². The van der Waals surface area contributed by atoms with Crippen LogP contribution in [0.1, 0.15) is 12.8 Å². The Morgan fingerprint density at radius 3 is 3.22 bits per heavy atom. The lowest BCUT2D eigenvalue weighted by atomic mass is 10.2. The minimum atomic E-state index is 0.223. The molecule has 0 amide bonds. The fourth-order valence-corrected chi connectivity index (χ4v) is 3.06. The van der Waals surface area contributed by atoms with Gasteiger partial charge in [-0.15, -0.1) is 0 Å². The largest absolute Gasteiger partial charge is 0.488 e. The summed E-state index contributed by atoms with van der Waals surface area (Å²) >= 11 is 6.11. The first-order chi connectivity index (χ1) is 11.3. The molecule has 1 N–H and O–H groups in total. The molecule has 0 aromatic carbocycles. The van der Waals surface area contributed by atoms with E-state index in [2.05, 4.69) is 29.8 Å². The standard InChI is InChI=1S/C15H15ClN6O/c16-11-3-4-17-6-12(11)23-7-10-2-1-5-22(10)15-13-14(19-8-18-13)20-9-21-15/h3-4,6,8-10H,1-2,5,7H2,(H,18,19,20,21)/t10-/m1/s1. The van der Waals surface area contributed by atoms with Crippen molar-refractivity contribution in [2.45, 2.75) is 18.9 Å². The van der Waals surface area contributed by atoms with E-state index in [1.165, 1.54) is 0 Å². The van der Waals surface area contributed by atoms with Crippen LogP contribution in [0.3, 0.4) is 0 Å². The Morgan fingerprint density at radius 2 is 2.30 bits per heavy atom. The molecule has 3 aromatic rings. The fourth-order valence-electron chi connectivity index (χ4n) is 2.91. The zero-order chi connectivity index (χ0) is 15.6. The van der Waals surface area contributed by atoms with Crippen molar-refractivity contribution in [2.24, 2.45) is 0 Å². The van der Waals surface area contributed by atoms with Crippen LogP contribution < -0.4 is 9.64 Å². The van der Waals surface area contributed by atoms with Crippen molar-refractivity contribution in [3.05, 3.63) is 36.1 Å². The zero-order valence-corrected chi connectivity index (χ0v) is 13.1. The molecule has 0 unspecified atom stereocenters. The van der Waals surface area contributed by atoms with Crippen LogP contribution >= 0.6 is 11.6 Å². The molecule has 1 aliphatic heterocycles. The smallest absolute Gasteiger partial charge is 0.162 e. The van der Waals surface area contributed by atoms with Crippen molar-refractivity contribution in [3.63, 3.8) is 0 Å². The van der Waals surface area contributed by atoms with E-state index in [4.69, 9.17) is 16.3 Å². The number of imidazole rings is 1. The second-order valence-corrected chi connectivity index (χ2v) is 5.81. The molecule has 0 bridgehead atoms. The second kappa shape index (κ2) is 6.00. The lowest BCUT2D eigenvalue weighted by Gasteiger charge is -2.25. The molecule has 0 aliphatic carbocycles. The molecule has 118 valence electrons. The highest BCUT2D eigenvalue weighted by Gasteiger charge is 2.28. The van der Waals surface area contributed by atoms with E-state index in [0.29, 0.717) is 17.4 Å². The third kappa shape index (κ3) is 2.68. The van der Waals surface area contributed by atoms with Crippen molar-refractivity contribution in [1.29, 1.82) is 0 Å². The molecule has 0 spiro atoms. The summed E-state index contributed by atoms with van der Waals surface area (Å²) in [6, 6.07) is 1.95. The van der Waals surface area contributed by atoms with Gasteiger partial charge in [-0.3, -0.25) is 4.98 Å². The van der Waals surface area contributed by atoms with Gasteiger partial charge in [0.05, 0.1) is 23.6 Å². The molecule has 7 nitrogen and oxygen atoms in total. The SMILES string of the molecule is Clc1ccncc1OC[C@H]1CCCN1c1ncnc2[nH]cnc12. The number of ether oxygens (including phenoxy) is 1. The Kier molecular flexibility index (Phi) is 3.70. The van der Waals surface area contributed by atoms with E-state index in [0.717, 1.165) is 36.4 Å². The summed E-state index contributed by atoms with van der Waals surface area (Å²) in [5.74, 6) is 1.45. The van der Waals surface area contributed by atoms with E-state index in [1.807, 2.05) is 0 Å². The normalized spacial score (nSPS) is 17.8. The van der Waals surface area contributed by atoms with Crippen molar-refractivity contribution in [1.82, 2.24) is 24.9 Å². The van der Waals surface area contributed by atoms with Gasteiger partial charge in [0, 0.05) is 12.7 Å². The molecule has 1 atom stereocenters. The van der Waals surface area contributed by atoms with Gasteiger partial charge in [-0.25, -0.2) is 15.0 Å². The van der Waals surface area contributed by atoms with E-state index in [9.17, 15) is 0 Å². The van der Waals surface area contributed by atoms with Gasteiger partial charge in [-0.05, 0) is 18.9 Å². The summed E-state index contributed by atoms with van der Waals surface area (Å²) < 4.78 is 5.86. The highest BCUT2D eigenvalue weighted by atomic mass is 35.5. The number of aromatic nitrogens is 5. The van der Waals surface area contributed by atoms with E-state index in [-0.39, 0.29) is 6.04 Å². The lowest BCUT2D eigenvalue weighted by Crippen LogP contribution is -2.35. The average molecular weight is 331 g/mol. The van der Waals surface area contributed by atoms with Crippen molar-refractivity contribution >= 4 is 28.6 Å². The number of fused-ring (bicyclic) bond motifs is 1. The second-order valence-electron chi connectivity index (χ2n) is 5.40. The van der Waals surface area contributed by atoms with Gasteiger partial charge < -0.3 is 14.6 Å². The minimum Gasteiger partial charge on any atom is -0.488 e. The van der Waals surface area contributed by atoms with E-state index in [1.54, 1.807) is 31.1 Å². The first kappa shape index (κ1) is 14.2. The Balaban J connectivity index is 1.55. The van der Waals surface area contributed by atoms with Crippen LogP contribution in [0.4, 0.5) is 5.82 Å².